The lowest BCUT2D eigenvalue weighted by Crippen LogP contribution is -2.37. The molecular formula is C16H18N4O5. The number of hydrogen-bond acceptors (Lipinski definition) is 7. The van der Waals surface area contributed by atoms with E-state index in [0.717, 1.165) is 5.56 Å². The number of aliphatic hydroxyl groups is 1. The highest BCUT2D eigenvalue weighted by atomic mass is 16.6. The van der Waals surface area contributed by atoms with Crippen LogP contribution in [-0.4, -0.2) is 74.5 Å². The van der Waals surface area contributed by atoms with Gasteiger partial charge in [0.1, 0.15) is 6.20 Å². The first kappa shape index (κ1) is 17.1. The summed E-state index contributed by atoms with van der Waals surface area (Å²) >= 11 is 0. The minimum atomic E-state index is -0.965. The molecule has 0 radical (unpaired) electrons. The lowest BCUT2D eigenvalue weighted by atomic mass is 10.1. The Balaban J connectivity index is 1.63. The van der Waals surface area contributed by atoms with Crippen LogP contribution in [0, 0.1) is 0 Å². The fourth-order valence-electron chi connectivity index (χ4n) is 2.81. The smallest absolute Gasteiger partial charge is 0.335 e. The number of aromatic nitrogens is 2. The van der Waals surface area contributed by atoms with Crippen molar-refractivity contribution in [2.75, 3.05) is 26.2 Å². The average Bonchev–Trinajstić information content (AvgIpc) is 3.06. The summed E-state index contributed by atoms with van der Waals surface area (Å²) in [6.07, 6.45) is 0.561. The van der Waals surface area contributed by atoms with E-state index < -0.39 is 12.1 Å². The van der Waals surface area contributed by atoms with Gasteiger partial charge in [0.15, 0.2) is 5.69 Å². The first-order chi connectivity index (χ1) is 12.0. The van der Waals surface area contributed by atoms with Crippen molar-refractivity contribution >= 4 is 11.9 Å². The van der Waals surface area contributed by atoms with Crippen molar-refractivity contribution in [2.45, 2.75) is 12.6 Å². The van der Waals surface area contributed by atoms with Crippen LogP contribution in [0.25, 0.3) is 0 Å². The molecule has 0 unspecified atom stereocenters. The molecule has 1 amide bonds. The number of rotatable bonds is 4. The zero-order valence-electron chi connectivity index (χ0n) is 13.4. The normalized spacial score (nSPS) is 18.8. The number of carbonyl (C=O) groups is 2. The molecule has 0 aliphatic carbocycles. The van der Waals surface area contributed by atoms with Gasteiger partial charge >= 0.3 is 5.97 Å². The number of amides is 1. The molecule has 132 valence electrons. The van der Waals surface area contributed by atoms with Crippen LogP contribution in [0.1, 0.15) is 26.4 Å². The van der Waals surface area contributed by atoms with E-state index in [1.807, 2.05) is 4.90 Å². The van der Waals surface area contributed by atoms with Gasteiger partial charge in [-0.05, 0) is 22.9 Å². The van der Waals surface area contributed by atoms with Gasteiger partial charge in [-0.25, -0.2) is 9.42 Å². The maximum Gasteiger partial charge on any atom is 0.335 e. The molecule has 0 saturated carbocycles. The summed E-state index contributed by atoms with van der Waals surface area (Å²) in [5, 5.41) is 26.1. The molecule has 25 heavy (non-hydrogen) atoms. The van der Waals surface area contributed by atoms with Gasteiger partial charge in [0, 0.05) is 32.7 Å². The summed E-state index contributed by atoms with van der Waals surface area (Å²) in [6.45, 7) is 2.21. The van der Waals surface area contributed by atoms with Gasteiger partial charge < -0.3 is 15.1 Å². The molecule has 1 saturated heterocycles. The van der Waals surface area contributed by atoms with Crippen molar-refractivity contribution in [3.8, 4) is 0 Å². The van der Waals surface area contributed by atoms with Crippen LogP contribution in [0.4, 0.5) is 0 Å². The third kappa shape index (κ3) is 4.20. The molecule has 2 heterocycles. The first-order valence-corrected chi connectivity index (χ1v) is 7.82. The number of carboxylic acid groups (broad SMARTS) is 1. The average molecular weight is 346 g/mol. The van der Waals surface area contributed by atoms with Crippen molar-refractivity contribution in [1.82, 2.24) is 20.1 Å². The Morgan fingerprint density at radius 2 is 1.96 bits per heavy atom. The topological polar surface area (TPSA) is 120 Å². The van der Waals surface area contributed by atoms with Crippen molar-refractivity contribution < 1.29 is 24.4 Å². The number of carbonyl (C=O) groups excluding carboxylic acids is 1. The summed E-state index contributed by atoms with van der Waals surface area (Å²) < 4.78 is 4.45. The number of benzene rings is 1. The highest BCUT2D eigenvalue weighted by molar-refractivity contribution is 5.91. The van der Waals surface area contributed by atoms with Gasteiger partial charge in [0.05, 0.1) is 11.7 Å². The van der Waals surface area contributed by atoms with E-state index in [1.54, 1.807) is 24.3 Å². The third-order valence-corrected chi connectivity index (χ3v) is 4.06. The predicted molar refractivity (Wildman–Crippen MR) is 84.9 cm³/mol. The van der Waals surface area contributed by atoms with Gasteiger partial charge in [0.2, 0.25) is 0 Å². The van der Waals surface area contributed by atoms with Gasteiger partial charge in [0.25, 0.3) is 5.91 Å². The fourth-order valence-corrected chi connectivity index (χ4v) is 2.81. The van der Waals surface area contributed by atoms with E-state index in [0.29, 0.717) is 26.2 Å². The molecule has 0 spiro atoms. The number of β-amino-alcohol motifs (C(OH)–C–C–N with tert-alkyl or cyclic N) is 1. The Hall–Kier alpha value is -2.78. The maximum atomic E-state index is 12.3. The Morgan fingerprint density at radius 3 is 2.60 bits per heavy atom. The van der Waals surface area contributed by atoms with Gasteiger partial charge in [-0.15, -0.1) is 0 Å². The minimum Gasteiger partial charge on any atom is -0.478 e. The zero-order chi connectivity index (χ0) is 17.8. The maximum absolute atomic E-state index is 12.3. The summed E-state index contributed by atoms with van der Waals surface area (Å²) in [5.41, 5.74) is 1.29. The highest BCUT2D eigenvalue weighted by Crippen LogP contribution is 2.12. The van der Waals surface area contributed by atoms with Crippen molar-refractivity contribution in [2.24, 2.45) is 0 Å². The molecule has 1 aromatic carbocycles. The number of nitrogens with zero attached hydrogens (tertiary/aromatic N) is 4. The summed E-state index contributed by atoms with van der Waals surface area (Å²) in [7, 11) is 0. The quantitative estimate of drug-likeness (QED) is 0.799. The second-order valence-corrected chi connectivity index (χ2v) is 5.93. The molecule has 9 nitrogen and oxygen atoms in total. The van der Waals surface area contributed by atoms with Crippen LogP contribution in [0.15, 0.2) is 35.1 Å². The van der Waals surface area contributed by atoms with Crippen LogP contribution >= 0.6 is 0 Å². The molecular weight excluding hydrogens is 328 g/mol. The molecule has 2 N–H and O–H groups in total. The Labute approximate surface area is 143 Å². The number of aliphatic hydroxyl groups excluding tert-OH is 1. The van der Waals surface area contributed by atoms with Crippen LogP contribution in [0.5, 0.6) is 0 Å². The predicted octanol–water partition coefficient (Wildman–Crippen LogP) is 0.0867. The zero-order valence-corrected chi connectivity index (χ0v) is 13.4. The molecule has 0 bridgehead atoms. The van der Waals surface area contributed by atoms with E-state index in [9.17, 15) is 14.7 Å². The van der Waals surface area contributed by atoms with E-state index in [4.69, 9.17) is 5.11 Å². The standard InChI is InChI=1S/C16H18N4O5/c21-13-9-19(8-11-1-3-12(4-2-11)16(23)24)5-6-20(10-13)15(22)14-7-17-25-18-14/h1-4,7,13,21H,5-6,8-10H2,(H,23,24)/t13-/m1/s1. The Kier molecular flexibility index (Phi) is 5.05. The summed E-state index contributed by atoms with van der Waals surface area (Å²) in [4.78, 5) is 26.7. The lowest BCUT2D eigenvalue weighted by molar-refractivity contribution is 0.0652. The van der Waals surface area contributed by atoms with E-state index in [2.05, 4.69) is 14.9 Å². The van der Waals surface area contributed by atoms with Crippen LogP contribution in [0.3, 0.4) is 0 Å². The van der Waals surface area contributed by atoms with Gasteiger partial charge in [-0.1, -0.05) is 17.3 Å². The van der Waals surface area contributed by atoms with Crippen molar-refractivity contribution in [3.05, 3.63) is 47.3 Å². The first-order valence-electron chi connectivity index (χ1n) is 7.82. The van der Waals surface area contributed by atoms with E-state index >= 15 is 0 Å². The monoisotopic (exact) mass is 346 g/mol. The number of hydrogen-bond donors (Lipinski definition) is 2. The fraction of sp³-hybridized carbons (Fsp3) is 0.375. The number of aromatic carboxylic acids is 1. The van der Waals surface area contributed by atoms with Crippen molar-refractivity contribution in [3.63, 3.8) is 0 Å². The number of carboxylic acids is 1. The van der Waals surface area contributed by atoms with Crippen molar-refractivity contribution in [1.29, 1.82) is 0 Å². The van der Waals surface area contributed by atoms with Crippen LogP contribution < -0.4 is 0 Å². The second-order valence-electron chi connectivity index (χ2n) is 5.93. The Morgan fingerprint density at radius 1 is 1.20 bits per heavy atom. The largest absolute Gasteiger partial charge is 0.478 e. The molecule has 1 atom stereocenters. The SMILES string of the molecule is O=C(O)c1ccc(CN2CCN(C(=O)c3cnon3)C[C@H](O)C2)cc1. The highest BCUT2D eigenvalue weighted by Gasteiger charge is 2.26. The molecule has 1 aromatic heterocycles. The van der Waals surface area contributed by atoms with E-state index in [1.165, 1.54) is 11.1 Å². The van der Waals surface area contributed by atoms with Crippen LogP contribution in [-0.2, 0) is 6.54 Å². The van der Waals surface area contributed by atoms with E-state index in [-0.39, 0.29) is 23.7 Å². The van der Waals surface area contributed by atoms with Gasteiger partial charge in [-0.2, -0.15) is 0 Å². The summed E-state index contributed by atoms with van der Waals surface area (Å²) in [6, 6.07) is 6.62. The molecule has 1 aliphatic heterocycles. The van der Waals surface area contributed by atoms with Crippen LogP contribution in [0.2, 0.25) is 0 Å². The summed E-state index contributed by atoms with van der Waals surface area (Å²) in [5.74, 6) is -1.29. The minimum absolute atomic E-state index is 0.116. The second kappa shape index (κ2) is 7.41. The molecule has 1 fully saturated rings. The molecule has 9 heteroatoms. The van der Waals surface area contributed by atoms with Gasteiger partial charge in [-0.3, -0.25) is 9.69 Å². The Bertz CT molecular complexity index is 731. The molecule has 2 aromatic rings. The molecule has 3 rings (SSSR count). The molecule has 1 aliphatic rings. The lowest BCUT2D eigenvalue weighted by Gasteiger charge is -2.21. The third-order valence-electron chi connectivity index (χ3n) is 4.06.